The third-order valence-electron chi connectivity index (χ3n) is 2.46. The average Bonchev–Trinajstić information content (AvgIpc) is 2.79. The van der Waals surface area contributed by atoms with E-state index in [1.807, 2.05) is 14.0 Å². The standard InChI is InChI=1S/C8H18N2O2S/c1-7(6-9-13(3,11)12)10(2)8-4-5-8/h7-9H,4-6H2,1-3H3. The van der Waals surface area contributed by atoms with Crippen LogP contribution >= 0.6 is 0 Å². The second-order valence-corrected chi connectivity index (χ2v) is 5.70. The molecule has 1 N–H and O–H groups in total. The molecule has 4 nitrogen and oxygen atoms in total. The molecule has 0 radical (unpaired) electrons. The molecule has 1 aliphatic rings. The van der Waals surface area contributed by atoms with E-state index in [0.29, 0.717) is 12.6 Å². The van der Waals surface area contributed by atoms with Gasteiger partial charge in [-0.3, -0.25) is 4.90 Å². The third-order valence-corrected chi connectivity index (χ3v) is 3.15. The predicted octanol–water partition coefficient (Wildman–Crippen LogP) is 0.0183. The Bertz CT molecular complexity index is 259. The Kier molecular flexibility index (Phi) is 3.32. The molecule has 1 rings (SSSR count). The van der Waals surface area contributed by atoms with Gasteiger partial charge in [-0.15, -0.1) is 0 Å². The summed E-state index contributed by atoms with van der Waals surface area (Å²) in [5.41, 5.74) is 0. The molecule has 1 fully saturated rings. The molecule has 0 aromatic heterocycles. The molecule has 1 unspecified atom stereocenters. The summed E-state index contributed by atoms with van der Waals surface area (Å²) in [7, 11) is -0.987. The first-order valence-electron chi connectivity index (χ1n) is 4.56. The van der Waals surface area contributed by atoms with Gasteiger partial charge in [-0.1, -0.05) is 0 Å². The molecule has 0 heterocycles. The number of sulfonamides is 1. The second-order valence-electron chi connectivity index (χ2n) is 3.87. The van der Waals surface area contributed by atoms with Crippen molar-refractivity contribution in [2.24, 2.45) is 0 Å². The van der Waals surface area contributed by atoms with Crippen molar-refractivity contribution < 1.29 is 8.42 Å². The zero-order valence-corrected chi connectivity index (χ0v) is 9.26. The molecular weight excluding hydrogens is 188 g/mol. The quantitative estimate of drug-likeness (QED) is 0.690. The van der Waals surface area contributed by atoms with Gasteiger partial charge < -0.3 is 0 Å². The topological polar surface area (TPSA) is 49.4 Å². The van der Waals surface area contributed by atoms with Gasteiger partial charge in [0.15, 0.2) is 0 Å². The zero-order chi connectivity index (χ0) is 10.1. The number of likely N-dealkylation sites (N-methyl/N-ethyl adjacent to an activating group) is 1. The Labute approximate surface area is 80.4 Å². The summed E-state index contributed by atoms with van der Waals surface area (Å²) >= 11 is 0. The number of rotatable bonds is 5. The smallest absolute Gasteiger partial charge is 0.208 e. The minimum absolute atomic E-state index is 0.280. The van der Waals surface area contributed by atoms with Crippen LogP contribution in [0.25, 0.3) is 0 Å². The number of hydrogen-bond acceptors (Lipinski definition) is 3. The van der Waals surface area contributed by atoms with Crippen LogP contribution in [-0.4, -0.2) is 45.2 Å². The van der Waals surface area contributed by atoms with Crippen LogP contribution in [0.1, 0.15) is 19.8 Å². The SMILES string of the molecule is CC(CNS(C)(=O)=O)N(C)C1CC1. The molecule has 1 aliphatic carbocycles. The van der Waals surface area contributed by atoms with E-state index in [1.54, 1.807) is 0 Å². The average molecular weight is 206 g/mol. The highest BCUT2D eigenvalue weighted by Crippen LogP contribution is 2.26. The largest absolute Gasteiger partial charge is 0.299 e. The first-order chi connectivity index (χ1) is 5.90. The summed E-state index contributed by atoms with van der Waals surface area (Å²) in [6.45, 7) is 2.54. The van der Waals surface area contributed by atoms with E-state index in [-0.39, 0.29) is 6.04 Å². The lowest BCUT2D eigenvalue weighted by atomic mass is 10.3. The molecule has 13 heavy (non-hydrogen) atoms. The zero-order valence-electron chi connectivity index (χ0n) is 8.45. The predicted molar refractivity (Wildman–Crippen MR) is 53.1 cm³/mol. The highest BCUT2D eigenvalue weighted by atomic mass is 32.2. The summed E-state index contributed by atoms with van der Waals surface area (Å²) in [5.74, 6) is 0. The van der Waals surface area contributed by atoms with Crippen LogP contribution in [-0.2, 0) is 10.0 Å². The normalized spacial score (nSPS) is 20.6. The molecule has 0 amide bonds. The number of nitrogens with zero attached hydrogens (tertiary/aromatic N) is 1. The van der Waals surface area contributed by atoms with Gasteiger partial charge in [0.1, 0.15) is 0 Å². The van der Waals surface area contributed by atoms with Crippen molar-refractivity contribution in [3.63, 3.8) is 0 Å². The molecule has 0 bridgehead atoms. The van der Waals surface area contributed by atoms with Crippen molar-refractivity contribution in [2.75, 3.05) is 19.8 Å². The van der Waals surface area contributed by atoms with Gasteiger partial charge in [0.25, 0.3) is 0 Å². The maximum absolute atomic E-state index is 10.8. The van der Waals surface area contributed by atoms with Gasteiger partial charge in [-0.25, -0.2) is 13.1 Å². The molecule has 1 saturated carbocycles. The lowest BCUT2D eigenvalue weighted by Crippen LogP contribution is -2.40. The van der Waals surface area contributed by atoms with Crippen molar-refractivity contribution >= 4 is 10.0 Å². The van der Waals surface area contributed by atoms with Gasteiger partial charge in [0, 0.05) is 18.6 Å². The summed E-state index contributed by atoms with van der Waals surface area (Å²) in [5, 5.41) is 0. The van der Waals surface area contributed by atoms with Gasteiger partial charge in [-0.05, 0) is 26.8 Å². The lowest BCUT2D eigenvalue weighted by Gasteiger charge is -2.24. The maximum atomic E-state index is 10.8. The van der Waals surface area contributed by atoms with Crippen LogP contribution in [0.3, 0.4) is 0 Å². The minimum Gasteiger partial charge on any atom is -0.299 e. The Morgan fingerprint density at radius 1 is 1.54 bits per heavy atom. The Morgan fingerprint density at radius 2 is 2.08 bits per heavy atom. The first-order valence-corrected chi connectivity index (χ1v) is 6.46. The highest BCUT2D eigenvalue weighted by molar-refractivity contribution is 7.88. The summed E-state index contributed by atoms with van der Waals surface area (Å²) in [6.07, 6.45) is 3.69. The van der Waals surface area contributed by atoms with Crippen molar-refractivity contribution in [1.82, 2.24) is 9.62 Å². The molecule has 0 spiro atoms. The second kappa shape index (κ2) is 3.94. The van der Waals surface area contributed by atoms with Crippen molar-refractivity contribution in [3.05, 3.63) is 0 Å². The molecule has 0 aromatic rings. The number of hydrogen-bond donors (Lipinski definition) is 1. The van der Waals surface area contributed by atoms with Gasteiger partial charge in [-0.2, -0.15) is 0 Å². The van der Waals surface area contributed by atoms with E-state index < -0.39 is 10.0 Å². The fourth-order valence-electron chi connectivity index (χ4n) is 1.26. The molecule has 0 saturated heterocycles. The van der Waals surface area contributed by atoms with Crippen LogP contribution in [0.15, 0.2) is 0 Å². The molecular formula is C8H18N2O2S. The van der Waals surface area contributed by atoms with Crippen molar-refractivity contribution in [2.45, 2.75) is 31.8 Å². The number of nitrogens with one attached hydrogen (secondary N) is 1. The van der Waals surface area contributed by atoms with Crippen molar-refractivity contribution in [3.8, 4) is 0 Å². The summed E-state index contributed by atoms with van der Waals surface area (Å²) in [4.78, 5) is 2.23. The summed E-state index contributed by atoms with van der Waals surface area (Å²) in [6, 6.07) is 0.957. The Hall–Kier alpha value is -0.130. The molecule has 5 heteroatoms. The van der Waals surface area contributed by atoms with E-state index in [9.17, 15) is 8.42 Å². The van der Waals surface area contributed by atoms with Gasteiger partial charge in [0.05, 0.1) is 6.26 Å². The van der Waals surface area contributed by atoms with Crippen LogP contribution in [0.4, 0.5) is 0 Å². The van der Waals surface area contributed by atoms with E-state index in [1.165, 1.54) is 19.1 Å². The van der Waals surface area contributed by atoms with Gasteiger partial charge >= 0.3 is 0 Å². The van der Waals surface area contributed by atoms with Crippen LogP contribution in [0.5, 0.6) is 0 Å². The molecule has 1 atom stereocenters. The maximum Gasteiger partial charge on any atom is 0.208 e. The first kappa shape index (κ1) is 10.9. The van der Waals surface area contributed by atoms with E-state index >= 15 is 0 Å². The van der Waals surface area contributed by atoms with Crippen LogP contribution in [0, 0.1) is 0 Å². The molecule has 0 aliphatic heterocycles. The van der Waals surface area contributed by atoms with Crippen LogP contribution in [0.2, 0.25) is 0 Å². The van der Waals surface area contributed by atoms with E-state index in [2.05, 4.69) is 9.62 Å². The monoisotopic (exact) mass is 206 g/mol. The van der Waals surface area contributed by atoms with Crippen LogP contribution < -0.4 is 4.72 Å². The third kappa shape index (κ3) is 4.06. The summed E-state index contributed by atoms with van der Waals surface area (Å²) < 4.78 is 24.1. The minimum atomic E-state index is -3.03. The fraction of sp³-hybridized carbons (Fsp3) is 1.00. The lowest BCUT2D eigenvalue weighted by molar-refractivity contribution is 0.248. The Balaban J connectivity index is 2.27. The van der Waals surface area contributed by atoms with E-state index in [0.717, 1.165) is 0 Å². The molecule has 0 aromatic carbocycles. The molecule has 78 valence electrons. The van der Waals surface area contributed by atoms with Crippen molar-refractivity contribution in [1.29, 1.82) is 0 Å². The van der Waals surface area contributed by atoms with Gasteiger partial charge in [0.2, 0.25) is 10.0 Å². The fourth-order valence-corrected chi connectivity index (χ4v) is 1.80. The van der Waals surface area contributed by atoms with E-state index in [4.69, 9.17) is 0 Å². The Morgan fingerprint density at radius 3 is 2.46 bits per heavy atom. The highest BCUT2D eigenvalue weighted by Gasteiger charge is 2.29.